The summed E-state index contributed by atoms with van der Waals surface area (Å²) in [5, 5.41) is 6.60. The van der Waals surface area contributed by atoms with Gasteiger partial charge in [-0.25, -0.2) is 4.98 Å². The zero-order valence-electron chi connectivity index (χ0n) is 23.1. The van der Waals surface area contributed by atoms with E-state index in [2.05, 4.69) is 15.5 Å². The van der Waals surface area contributed by atoms with E-state index in [4.69, 9.17) is 19.2 Å². The predicted octanol–water partition coefficient (Wildman–Crippen LogP) is 5.21. The summed E-state index contributed by atoms with van der Waals surface area (Å²) in [5.74, 6) is 0.721. The Hall–Kier alpha value is -2.85. The van der Waals surface area contributed by atoms with Crippen molar-refractivity contribution >= 4 is 39.7 Å². The zero-order valence-corrected chi connectivity index (χ0v) is 24.0. The molecule has 2 N–H and O–H groups in total. The van der Waals surface area contributed by atoms with E-state index in [1.165, 1.54) is 11.3 Å². The Bertz CT molecular complexity index is 1140. The van der Waals surface area contributed by atoms with Gasteiger partial charge in [0.1, 0.15) is 11.5 Å². The van der Waals surface area contributed by atoms with Crippen molar-refractivity contribution in [1.29, 1.82) is 0 Å². The first kappa shape index (κ1) is 28.2. The summed E-state index contributed by atoms with van der Waals surface area (Å²) < 4.78 is 17.5. The van der Waals surface area contributed by atoms with Crippen LogP contribution in [0, 0.1) is 5.41 Å². The van der Waals surface area contributed by atoms with Gasteiger partial charge in [0.05, 0.1) is 49.4 Å². The second-order valence-electron chi connectivity index (χ2n) is 10.8. The Balaban J connectivity index is 1.56. The second kappa shape index (κ2) is 12.3. The summed E-state index contributed by atoms with van der Waals surface area (Å²) in [4.78, 5) is 34.0. The highest BCUT2D eigenvalue weighted by Crippen LogP contribution is 2.41. The first-order valence-electron chi connectivity index (χ1n) is 13.5. The third-order valence-electron chi connectivity index (χ3n) is 6.48. The lowest BCUT2D eigenvalue weighted by Gasteiger charge is -2.31. The molecule has 9 nitrogen and oxygen atoms in total. The largest absolute Gasteiger partial charge is 0.492 e. The minimum atomic E-state index is -0.396. The van der Waals surface area contributed by atoms with Crippen LogP contribution in [0.1, 0.15) is 70.4 Å². The van der Waals surface area contributed by atoms with E-state index in [0.29, 0.717) is 61.6 Å². The van der Waals surface area contributed by atoms with E-state index in [1.54, 1.807) is 0 Å². The number of carbonyl (C=O) groups excluding carboxylic acids is 2. The molecule has 1 aromatic carbocycles. The molecule has 208 valence electrons. The molecular weight excluding hydrogens is 504 g/mol. The lowest BCUT2D eigenvalue weighted by molar-refractivity contribution is -0.118. The number of fused-ring (bicyclic) bond motifs is 1. The maximum Gasteiger partial charge on any atom is 0.233 e. The third-order valence-corrected chi connectivity index (χ3v) is 7.52. The number of ether oxygens (including phenoxy) is 3. The molecule has 1 unspecified atom stereocenters. The van der Waals surface area contributed by atoms with E-state index in [0.717, 1.165) is 42.2 Å². The minimum absolute atomic E-state index is 0.0604. The molecule has 1 atom stereocenters. The number of hydrogen-bond acceptors (Lipinski definition) is 8. The van der Waals surface area contributed by atoms with E-state index in [9.17, 15) is 9.59 Å². The fourth-order valence-corrected chi connectivity index (χ4v) is 5.92. The van der Waals surface area contributed by atoms with Gasteiger partial charge in [-0.15, -0.1) is 11.3 Å². The molecule has 1 aliphatic carbocycles. The number of carbonyl (C=O) groups is 2. The molecule has 0 saturated carbocycles. The number of thiazole rings is 1. The van der Waals surface area contributed by atoms with Crippen LogP contribution in [0.2, 0.25) is 0 Å². The van der Waals surface area contributed by atoms with Gasteiger partial charge in [-0.2, -0.15) is 0 Å². The van der Waals surface area contributed by atoms with Gasteiger partial charge in [0, 0.05) is 36.5 Å². The summed E-state index contributed by atoms with van der Waals surface area (Å²) >= 11 is 1.47. The van der Waals surface area contributed by atoms with Crippen LogP contribution in [0.5, 0.6) is 11.5 Å². The van der Waals surface area contributed by atoms with Crippen molar-refractivity contribution in [2.75, 3.05) is 55.1 Å². The third kappa shape index (κ3) is 6.96. The van der Waals surface area contributed by atoms with Crippen LogP contribution in [-0.4, -0.2) is 56.3 Å². The number of aromatic nitrogens is 1. The lowest BCUT2D eigenvalue weighted by atomic mass is 9.90. The number of benzene rings is 1. The summed E-state index contributed by atoms with van der Waals surface area (Å²) in [6.45, 7) is 13.8. The highest BCUT2D eigenvalue weighted by Gasteiger charge is 2.32. The fraction of sp³-hybridized carbons (Fsp3) is 0.607. The van der Waals surface area contributed by atoms with Crippen LogP contribution in [0.3, 0.4) is 0 Å². The Morgan fingerprint density at radius 1 is 1.11 bits per heavy atom. The molecule has 1 fully saturated rings. The number of nitrogens with one attached hydrogen (secondary N) is 2. The molecule has 1 aromatic heterocycles. The van der Waals surface area contributed by atoms with Crippen molar-refractivity contribution in [3.8, 4) is 11.5 Å². The smallest absolute Gasteiger partial charge is 0.233 e. The topological polar surface area (TPSA) is 102 Å². The van der Waals surface area contributed by atoms with Crippen LogP contribution in [-0.2, 0) is 20.7 Å². The van der Waals surface area contributed by atoms with Crippen molar-refractivity contribution in [2.45, 2.75) is 66.2 Å². The fourth-order valence-electron chi connectivity index (χ4n) is 4.84. The first-order valence-corrected chi connectivity index (χ1v) is 14.4. The van der Waals surface area contributed by atoms with E-state index >= 15 is 0 Å². The quantitative estimate of drug-likeness (QED) is 0.447. The molecule has 2 amide bonds. The van der Waals surface area contributed by atoms with Gasteiger partial charge in [-0.05, 0) is 38.5 Å². The molecule has 2 heterocycles. The maximum absolute atomic E-state index is 13.6. The van der Waals surface area contributed by atoms with Crippen LogP contribution in [0.4, 0.5) is 16.5 Å². The Kier molecular flexibility index (Phi) is 9.15. The maximum atomic E-state index is 13.6. The molecular formula is C28H40N4O5S. The molecule has 2 aliphatic rings. The molecule has 1 saturated heterocycles. The van der Waals surface area contributed by atoms with Crippen molar-refractivity contribution in [1.82, 2.24) is 4.98 Å². The monoisotopic (exact) mass is 544 g/mol. The predicted molar refractivity (Wildman–Crippen MR) is 151 cm³/mol. The number of aryl methyl sites for hydroxylation is 1. The average molecular weight is 545 g/mol. The van der Waals surface area contributed by atoms with Gasteiger partial charge in [0.25, 0.3) is 0 Å². The standard InChI is InChI=1S/C28H40N4O5S/c1-6-36-21-16-20(32-11-13-35-14-12-32)22(37-7-2)15-19(21)29-26(34)18-9-8-10-23-25(18)31-27(38-23)30-24(33)17-28(3,4)5/h15-16,18H,6-14,17H2,1-5H3,(H,29,34)(H,30,31,33). The lowest BCUT2D eigenvalue weighted by Crippen LogP contribution is -2.36. The molecule has 0 radical (unpaired) electrons. The molecule has 38 heavy (non-hydrogen) atoms. The van der Waals surface area contributed by atoms with Gasteiger partial charge in [-0.3, -0.25) is 9.59 Å². The van der Waals surface area contributed by atoms with E-state index in [1.807, 2.05) is 46.8 Å². The van der Waals surface area contributed by atoms with Crippen molar-refractivity contribution in [2.24, 2.45) is 5.41 Å². The number of anilines is 3. The second-order valence-corrected chi connectivity index (χ2v) is 11.9. The number of amides is 2. The molecule has 2 aromatic rings. The van der Waals surface area contributed by atoms with Gasteiger partial charge in [0.2, 0.25) is 11.8 Å². The molecule has 10 heteroatoms. The minimum Gasteiger partial charge on any atom is -0.492 e. The van der Waals surface area contributed by atoms with Crippen LogP contribution in [0.15, 0.2) is 12.1 Å². The normalized spacial score (nSPS) is 17.5. The van der Waals surface area contributed by atoms with Crippen LogP contribution >= 0.6 is 11.3 Å². The van der Waals surface area contributed by atoms with Crippen LogP contribution in [0.25, 0.3) is 0 Å². The average Bonchev–Trinajstić information content (AvgIpc) is 3.27. The van der Waals surface area contributed by atoms with Gasteiger partial charge in [-0.1, -0.05) is 20.8 Å². The molecule has 0 spiro atoms. The highest BCUT2D eigenvalue weighted by atomic mass is 32.1. The van der Waals surface area contributed by atoms with Gasteiger partial charge < -0.3 is 29.7 Å². The van der Waals surface area contributed by atoms with E-state index < -0.39 is 5.92 Å². The van der Waals surface area contributed by atoms with Gasteiger partial charge >= 0.3 is 0 Å². The summed E-state index contributed by atoms with van der Waals surface area (Å²) in [6.07, 6.45) is 2.86. The number of rotatable bonds is 9. The molecule has 0 bridgehead atoms. The Labute approximate surface area is 229 Å². The summed E-state index contributed by atoms with van der Waals surface area (Å²) in [5.41, 5.74) is 2.17. The number of hydrogen-bond donors (Lipinski definition) is 2. The number of morpholine rings is 1. The van der Waals surface area contributed by atoms with Crippen LogP contribution < -0.4 is 25.0 Å². The highest BCUT2D eigenvalue weighted by molar-refractivity contribution is 7.15. The molecule has 4 rings (SSSR count). The van der Waals surface area contributed by atoms with E-state index in [-0.39, 0.29) is 17.2 Å². The van der Waals surface area contributed by atoms with Crippen molar-refractivity contribution in [3.05, 3.63) is 22.7 Å². The molecule has 1 aliphatic heterocycles. The summed E-state index contributed by atoms with van der Waals surface area (Å²) in [6, 6.07) is 3.81. The zero-order chi connectivity index (χ0) is 27.3. The Morgan fingerprint density at radius 3 is 2.50 bits per heavy atom. The summed E-state index contributed by atoms with van der Waals surface area (Å²) in [7, 11) is 0. The van der Waals surface area contributed by atoms with Gasteiger partial charge in [0.15, 0.2) is 5.13 Å². The Morgan fingerprint density at radius 2 is 1.82 bits per heavy atom. The SMILES string of the molecule is CCOc1cc(N2CCOCC2)c(OCC)cc1NC(=O)C1CCCc2sc(NC(=O)CC(C)(C)C)nc21. The van der Waals surface area contributed by atoms with Crippen molar-refractivity contribution in [3.63, 3.8) is 0 Å². The first-order chi connectivity index (χ1) is 18.2. The van der Waals surface area contributed by atoms with Crippen molar-refractivity contribution < 1.29 is 23.8 Å². The number of nitrogens with zero attached hydrogens (tertiary/aromatic N) is 2.